The maximum absolute atomic E-state index is 10.0. The van der Waals surface area contributed by atoms with Crippen molar-refractivity contribution in [3.8, 4) is 0 Å². The molecule has 0 aromatic carbocycles. The predicted molar refractivity (Wildman–Crippen MR) is 123 cm³/mol. The normalized spacial score (nSPS) is 37.2. The monoisotopic (exact) mass is 405 g/mol. The number of aliphatic hydroxyl groups is 2. The zero-order valence-electron chi connectivity index (χ0n) is 19.3. The van der Waals surface area contributed by atoms with E-state index >= 15 is 0 Å². The molecule has 5 atom stereocenters. The van der Waals surface area contributed by atoms with Crippen LogP contribution in [0, 0.1) is 23.2 Å². The van der Waals surface area contributed by atoms with Gasteiger partial charge in [-0.15, -0.1) is 0 Å². The standard InChI is InChI=1S/C27H44O2/c1-19-10-13-23(28)18-22(19)12-11-21-9-7-17-27(5)24(14-15-25(21)27)20(2)8-6-16-26(3,4)29/h11-12,20,23-25,28-29H,1,6-10,13-18H2,2-5H3/b21-11+,22-12-/t20-,23+,24-,25+,27-/m1/s1/i3+1,4+1,6+1,16+1,26+1. The second kappa shape index (κ2) is 9.10. The van der Waals surface area contributed by atoms with Crippen LogP contribution in [-0.4, -0.2) is 21.9 Å². The van der Waals surface area contributed by atoms with Crippen LogP contribution in [0.1, 0.15) is 98.3 Å². The van der Waals surface area contributed by atoms with E-state index in [0.29, 0.717) is 5.41 Å². The molecule has 3 aliphatic carbocycles. The van der Waals surface area contributed by atoms with Crippen LogP contribution in [0.5, 0.6) is 0 Å². The Morgan fingerprint density at radius 1 is 1.21 bits per heavy atom. The molecule has 0 aromatic heterocycles. The van der Waals surface area contributed by atoms with Gasteiger partial charge in [-0.1, -0.05) is 56.6 Å². The minimum absolute atomic E-state index is 0.192. The average molecular weight is 406 g/mol. The Kier molecular flexibility index (Phi) is 7.16. The van der Waals surface area contributed by atoms with Crippen LogP contribution in [0.4, 0.5) is 0 Å². The van der Waals surface area contributed by atoms with Crippen molar-refractivity contribution in [1.82, 2.24) is 0 Å². The fourth-order valence-electron chi connectivity index (χ4n) is 6.67. The van der Waals surface area contributed by atoms with Gasteiger partial charge in [-0.25, -0.2) is 0 Å². The Hall–Kier alpha value is -0.860. The highest BCUT2D eigenvalue weighted by Crippen LogP contribution is 2.60. The van der Waals surface area contributed by atoms with E-state index in [0.717, 1.165) is 49.9 Å². The average Bonchev–Trinajstić information content (AvgIpc) is 2.99. The summed E-state index contributed by atoms with van der Waals surface area (Å²) in [5, 5.41) is 20.1. The van der Waals surface area contributed by atoms with E-state index in [4.69, 9.17) is 0 Å². The van der Waals surface area contributed by atoms with E-state index in [1.165, 1.54) is 49.7 Å². The molecule has 3 fully saturated rings. The second-order valence-electron chi connectivity index (χ2n) is 11.2. The molecule has 3 saturated carbocycles. The third kappa shape index (κ3) is 5.44. The number of rotatable bonds is 6. The molecule has 3 aliphatic rings. The molecule has 164 valence electrons. The van der Waals surface area contributed by atoms with Crippen LogP contribution in [0.25, 0.3) is 0 Å². The molecule has 0 radical (unpaired) electrons. The van der Waals surface area contributed by atoms with Crippen LogP contribution < -0.4 is 0 Å². The first kappa shape index (κ1) is 22.8. The van der Waals surface area contributed by atoms with E-state index in [1.54, 1.807) is 5.57 Å². The Labute approximate surface area is 179 Å². The molecule has 29 heavy (non-hydrogen) atoms. The zero-order valence-corrected chi connectivity index (χ0v) is 19.3. The van der Waals surface area contributed by atoms with Crippen molar-refractivity contribution in [1.29, 1.82) is 0 Å². The summed E-state index contributed by atoms with van der Waals surface area (Å²) in [5.74, 6) is 2.26. The van der Waals surface area contributed by atoms with Gasteiger partial charge in [-0.3, -0.25) is 0 Å². The molecule has 0 amide bonds. The summed E-state index contributed by atoms with van der Waals surface area (Å²) in [7, 11) is 0. The fourth-order valence-corrected chi connectivity index (χ4v) is 6.67. The second-order valence-corrected chi connectivity index (χ2v) is 11.2. The smallest absolute Gasteiger partial charge is 0.0591 e. The lowest BCUT2D eigenvalue weighted by Gasteiger charge is -2.44. The lowest BCUT2D eigenvalue weighted by Crippen LogP contribution is -2.36. The van der Waals surface area contributed by atoms with Crippen LogP contribution in [0.2, 0.25) is 0 Å². The van der Waals surface area contributed by atoms with Gasteiger partial charge in [-0.05, 0) is 100 Å². The van der Waals surface area contributed by atoms with Gasteiger partial charge in [0.15, 0.2) is 0 Å². The van der Waals surface area contributed by atoms with Crippen LogP contribution in [0.3, 0.4) is 0 Å². The molecule has 2 nitrogen and oxygen atoms in total. The Morgan fingerprint density at radius 3 is 2.69 bits per heavy atom. The van der Waals surface area contributed by atoms with Crippen molar-refractivity contribution in [2.24, 2.45) is 23.2 Å². The quantitative estimate of drug-likeness (QED) is 0.481. The summed E-state index contributed by atoms with van der Waals surface area (Å²) in [6, 6.07) is 0. The SMILES string of the molecule is C=C1CC[C@H](O)C/C1=C/C=C1\CCC[C@]2(C)[C@@H]([C@H](C)C[13CH2][13CH2][13C]([13CH3])([13CH3])O)CC[C@@H]12. The minimum Gasteiger partial charge on any atom is -0.393 e. The molecule has 0 aromatic rings. The van der Waals surface area contributed by atoms with Crippen molar-refractivity contribution < 1.29 is 10.2 Å². The molecule has 2 N–H and O–H groups in total. The number of allylic oxidation sites excluding steroid dienone is 4. The molecule has 0 spiro atoms. The van der Waals surface area contributed by atoms with Crippen LogP contribution >= 0.6 is 0 Å². The van der Waals surface area contributed by atoms with Crippen molar-refractivity contribution in [2.45, 2.75) is 110 Å². The van der Waals surface area contributed by atoms with Gasteiger partial charge in [0.2, 0.25) is 0 Å². The van der Waals surface area contributed by atoms with Crippen molar-refractivity contribution in [3.05, 3.63) is 35.5 Å². The third-order valence-electron chi connectivity index (χ3n) is 8.36. The maximum atomic E-state index is 10.0. The molecule has 0 unspecified atom stereocenters. The summed E-state index contributed by atoms with van der Waals surface area (Å²) in [6.07, 6.45) is 16.9. The highest BCUT2D eigenvalue weighted by Gasteiger charge is 2.50. The van der Waals surface area contributed by atoms with Gasteiger partial charge < -0.3 is 10.2 Å². The molecule has 0 saturated heterocycles. The summed E-state index contributed by atoms with van der Waals surface area (Å²) in [6.45, 7) is 13.1. The largest absolute Gasteiger partial charge is 0.393 e. The van der Waals surface area contributed by atoms with E-state index < -0.39 is 5.60 Å². The summed E-state index contributed by atoms with van der Waals surface area (Å²) < 4.78 is 0. The van der Waals surface area contributed by atoms with Gasteiger partial charge in [-0.2, -0.15) is 0 Å². The third-order valence-corrected chi connectivity index (χ3v) is 8.36. The van der Waals surface area contributed by atoms with Crippen LogP contribution in [-0.2, 0) is 0 Å². The minimum atomic E-state index is -0.535. The highest BCUT2D eigenvalue weighted by molar-refractivity contribution is 5.36. The van der Waals surface area contributed by atoms with Gasteiger partial charge in [0.05, 0.1) is 11.7 Å². The Bertz CT molecular complexity index is 650. The topological polar surface area (TPSA) is 40.5 Å². The number of fused-ring (bicyclic) bond motifs is 1. The first-order valence-electron chi connectivity index (χ1n) is 12.1. The molecular formula is C27H44O2. The lowest BCUT2D eigenvalue weighted by atomic mass is 9.61. The van der Waals surface area contributed by atoms with Crippen molar-refractivity contribution in [3.63, 3.8) is 0 Å². The Morgan fingerprint density at radius 2 is 1.97 bits per heavy atom. The van der Waals surface area contributed by atoms with Crippen molar-refractivity contribution in [2.75, 3.05) is 0 Å². The molecule has 0 heterocycles. The van der Waals surface area contributed by atoms with Crippen LogP contribution in [0.15, 0.2) is 35.5 Å². The fraction of sp³-hybridized carbons (Fsp3) is 0.778. The molecular weight excluding hydrogens is 361 g/mol. The Balaban J connectivity index is 1.68. The zero-order chi connectivity index (χ0) is 21.2. The highest BCUT2D eigenvalue weighted by atomic mass is 16.4. The van der Waals surface area contributed by atoms with Gasteiger partial charge in [0.1, 0.15) is 0 Å². The number of hydrogen-bond donors (Lipinski definition) is 2. The van der Waals surface area contributed by atoms with E-state index in [1.807, 2.05) is 13.8 Å². The first-order chi connectivity index (χ1) is 13.6. The molecule has 0 aliphatic heterocycles. The van der Waals surface area contributed by atoms with Gasteiger partial charge >= 0.3 is 0 Å². The molecule has 0 bridgehead atoms. The van der Waals surface area contributed by atoms with Gasteiger partial charge in [0.25, 0.3) is 0 Å². The maximum Gasteiger partial charge on any atom is 0.0591 e. The predicted octanol–water partition coefficient (Wildman–Crippen LogP) is 6.73. The first-order valence-corrected chi connectivity index (χ1v) is 12.1. The van der Waals surface area contributed by atoms with E-state index in [9.17, 15) is 10.2 Å². The van der Waals surface area contributed by atoms with Crippen molar-refractivity contribution >= 4 is 0 Å². The number of aliphatic hydroxyl groups excluding tert-OH is 1. The van der Waals surface area contributed by atoms with Gasteiger partial charge in [0, 0.05) is 0 Å². The molecule has 2 heteroatoms. The molecule has 3 rings (SSSR count). The summed E-state index contributed by atoms with van der Waals surface area (Å²) >= 11 is 0. The van der Waals surface area contributed by atoms with E-state index in [2.05, 4.69) is 32.6 Å². The lowest BCUT2D eigenvalue weighted by molar-refractivity contribution is 0.0596. The summed E-state index contributed by atoms with van der Waals surface area (Å²) in [5.41, 5.74) is 4.02. The number of hydrogen-bond acceptors (Lipinski definition) is 2. The summed E-state index contributed by atoms with van der Waals surface area (Å²) in [4.78, 5) is 0. The van der Waals surface area contributed by atoms with E-state index in [-0.39, 0.29) is 6.10 Å².